The zero-order valence-corrected chi connectivity index (χ0v) is 10.0. The molecule has 3 nitrogen and oxygen atoms in total. The van der Waals surface area contributed by atoms with Gasteiger partial charge in [-0.2, -0.15) is 0 Å². The normalized spacial score (nSPS) is 10.2. The molecule has 0 saturated carbocycles. The van der Waals surface area contributed by atoms with E-state index in [4.69, 9.17) is 9.84 Å². The molecular weight excluding hydrogens is 204 g/mol. The van der Waals surface area contributed by atoms with Crippen LogP contribution in [0.5, 0.6) is 5.75 Å². The van der Waals surface area contributed by atoms with E-state index in [0.717, 1.165) is 17.7 Å². The summed E-state index contributed by atoms with van der Waals surface area (Å²) in [5.41, 5.74) is 3.50. The maximum Gasteiger partial charge on any atom is 0.303 e. The van der Waals surface area contributed by atoms with Gasteiger partial charge in [0.2, 0.25) is 0 Å². The average molecular weight is 222 g/mol. The van der Waals surface area contributed by atoms with Crippen molar-refractivity contribution in [3.8, 4) is 5.75 Å². The standard InChI is InChI=1S/C13H18O3/c1-9-7-11(5-4-6-13(14)15)12(16-3)8-10(9)2/h7-8H,4-6H2,1-3H3,(H,14,15). The van der Waals surface area contributed by atoms with Gasteiger partial charge in [-0.1, -0.05) is 6.07 Å². The van der Waals surface area contributed by atoms with Crippen molar-refractivity contribution in [1.82, 2.24) is 0 Å². The Labute approximate surface area is 96.1 Å². The van der Waals surface area contributed by atoms with Crippen LogP contribution in [0.15, 0.2) is 12.1 Å². The molecule has 1 aromatic rings. The second-order valence-corrected chi connectivity index (χ2v) is 4.00. The van der Waals surface area contributed by atoms with E-state index in [0.29, 0.717) is 6.42 Å². The van der Waals surface area contributed by atoms with Crippen LogP contribution in [0.25, 0.3) is 0 Å². The highest BCUT2D eigenvalue weighted by Gasteiger charge is 2.06. The first-order chi connectivity index (χ1) is 7.54. The van der Waals surface area contributed by atoms with Gasteiger partial charge in [0.1, 0.15) is 5.75 Å². The summed E-state index contributed by atoms with van der Waals surface area (Å²) >= 11 is 0. The van der Waals surface area contributed by atoms with Crippen molar-refractivity contribution in [2.24, 2.45) is 0 Å². The van der Waals surface area contributed by atoms with E-state index in [2.05, 4.69) is 13.0 Å². The highest BCUT2D eigenvalue weighted by Crippen LogP contribution is 2.24. The molecule has 0 amide bonds. The minimum atomic E-state index is -0.747. The fraction of sp³-hybridized carbons (Fsp3) is 0.462. The Kier molecular flexibility index (Phi) is 4.35. The number of rotatable bonds is 5. The summed E-state index contributed by atoms with van der Waals surface area (Å²) in [6.07, 6.45) is 1.60. The van der Waals surface area contributed by atoms with E-state index in [1.165, 1.54) is 11.1 Å². The molecule has 88 valence electrons. The van der Waals surface area contributed by atoms with E-state index in [-0.39, 0.29) is 6.42 Å². The minimum Gasteiger partial charge on any atom is -0.496 e. The fourth-order valence-electron chi connectivity index (χ4n) is 1.66. The van der Waals surface area contributed by atoms with Crippen molar-refractivity contribution in [2.75, 3.05) is 7.11 Å². The molecule has 3 heteroatoms. The molecule has 1 aromatic carbocycles. The van der Waals surface area contributed by atoms with Crippen LogP contribution in [0.3, 0.4) is 0 Å². The van der Waals surface area contributed by atoms with Crippen LogP contribution in [-0.2, 0) is 11.2 Å². The van der Waals surface area contributed by atoms with Crippen molar-refractivity contribution < 1.29 is 14.6 Å². The van der Waals surface area contributed by atoms with Gasteiger partial charge in [-0.3, -0.25) is 4.79 Å². The number of carboxylic acids is 1. The highest BCUT2D eigenvalue weighted by atomic mass is 16.5. The molecule has 0 bridgehead atoms. The number of carbonyl (C=O) groups is 1. The van der Waals surface area contributed by atoms with E-state index in [1.54, 1.807) is 7.11 Å². The van der Waals surface area contributed by atoms with Gasteiger partial charge in [-0.05, 0) is 49.4 Å². The summed E-state index contributed by atoms with van der Waals surface area (Å²) in [6, 6.07) is 4.08. The first-order valence-corrected chi connectivity index (χ1v) is 5.40. The highest BCUT2D eigenvalue weighted by molar-refractivity contribution is 5.66. The first-order valence-electron chi connectivity index (χ1n) is 5.40. The average Bonchev–Trinajstić information content (AvgIpc) is 2.22. The number of aryl methyl sites for hydroxylation is 3. The molecule has 0 fully saturated rings. The van der Waals surface area contributed by atoms with Crippen LogP contribution in [0, 0.1) is 13.8 Å². The Balaban J connectivity index is 2.77. The molecule has 1 N–H and O–H groups in total. The van der Waals surface area contributed by atoms with Gasteiger partial charge in [0.05, 0.1) is 7.11 Å². The summed E-state index contributed by atoms with van der Waals surface area (Å²) in [5.74, 6) is 0.108. The smallest absolute Gasteiger partial charge is 0.303 e. The molecule has 0 spiro atoms. The summed E-state index contributed by atoms with van der Waals surface area (Å²) in [7, 11) is 1.64. The lowest BCUT2D eigenvalue weighted by atomic mass is 10.0. The fourth-order valence-corrected chi connectivity index (χ4v) is 1.66. The zero-order valence-electron chi connectivity index (χ0n) is 10.0. The van der Waals surface area contributed by atoms with Crippen molar-refractivity contribution in [3.05, 3.63) is 28.8 Å². The minimum absolute atomic E-state index is 0.204. The lowest BCUT2D eigenvalue weighted by Crippen LogP contribution is -1.99. The monoisotopic (exact) mass is 222 g/mol. The Morgan fingerprint density at radius 3 is 2.50 bits per heavy atom. The molecule has 0 unspecified atom stereocenters. The second-order valence-electron chi connectivity index (χ2n) is 4.00. The molecule has 0 saturated heterocycles. The second kappa shape index (κ2) is 5.54. The maximum atomic E-state index is 10.4. The van der Waals surface area contributed by atoms with Crippen LogP contribution in [0.1, 0.15) is 29.5 Å². The van der Waals surface area contributed by atoms with Crippen LogP contribution < -0.4 is 4.74 Å². The number of methoxy groups -OCH3 is 1. The van der Waals surface area contributed by atoms with Crippen LogP contribution in [0.2, 0.25) is 0 Å². The molecule has 0 atom stereocenters. The summed E-state index contributed by atoms with van der Waals surface area (Å²) in [6.45, 7) is 4.09. The van der Waals surface area contributed by atoms with Crippen molar-refractivity contribution in [3.63, 3.8) is 0 Å². The molecule has 0 aliphatic heterocycles. The molecule has 0 aromatic heterocycles. The molecule has 16 heavy (non-hydrogen) atoms. The maximum absolute atomic E-state index is 10.4. The lowest BCUT2D eigenvalue weighted by molar-refractivity contribution is -0.137. The lowest BCUT2D eigenvalue weighted by Gasteiger charge is -2.11. The van der Waals surface area contributed by atoms with Crippen molar-refractivity contribution >= 4 is 5.97 Å². The van der Waals surface area contributed by atoms with Gasteiger partial charge >= 0.3 is 5.97 Å². The molecular formula is C13H18O3. The Morgan fingerprint density at radius 1 is 1.31 bits per heavy atom. The molecule has 0 aliphatic rings. The first kappa shape index (κ1) is 12.6. The summed E-state index contributed by atoms with van der Waals surface area (Å²) < 4.78 is 5.29. The summed E-state index contributed by atoms with van der Waals surface area (Å²) in [4.78, 5) is 10.4. The Bertz CT molecular complexity index is 383. The van der Waals surface area contributed by atoms with Gasteiger partial charge in [-0.25, -0.2) is 0 Å². The van der Waals surface area contributed by atoms with E-state index >= 15 is 0 Å². The van der Waals surface area contributed by atoms with Crippen molar-refractivity contribution in [1.29, 1.82) is 0 Å². The number of ether oxygens (including phenoxy) is 1. The quantitative estimate of drug-likeness (QED) is 0.833. The largest absolute Gasteiger partial charge is 0.496 e. The number of hydrogen-bond donors (Lipinski definition) is 1. The van der Waals surface area contributed by atoms with Gasteiger partial charge in [0.25, 0.3) is 0 Å². The SMILES string of the molecule is COc1cc(C)c(C)cc1CCCC(=O)O. The topological polar surface area (TPSA) is 46.5 Å². The number of aliphatic carboxylic acids is 1. The predicted octanol–water partition coefficient (Wildman–Crippen LogP) is 2.72. The van der Waals surface area contributed by atoms with Crippen LogP contribution in [-0.4, -0.2) is 18.2 Å². The van der Waals surface area contributed by atoms with Gasteiger partial charge in [0, 0.05) is 6.42 Å². The number of hydrogen-bond acceptors (Lipinski definition) is 2. The van der Waals surface area contributed by atoms with Gasteiger partial charge in [-0.15, -0.1) is 0 Å². The number of benzene rings is 1. The van der Waals surface area contributed by atoms with Gasteiger partial charge in [0.15, 0.2) is 0 Å². The molecule has 0 radical (unpaired) electrons. The van der Waals surface area contributed by atoms with E-state index in [9.17, 15) is 4.79 Å². The zero-order chi connectivity index (χ0) is 12.1. The van der Waals surface area contributed by atoms with Crippen LogP contribution in [0.4, 0.5) is 0 Å². The third-order valence-electron chi connectivity index (χ3n) is 2.73. The molecule has 1 rings (SSSR count). The van der Waals surface area contributed by atoms with Gasteiger partial charge < -0.3 is 9.84 Å². The number of carboxylic acid groups (broad SMARTS) is 1. The van der Waals surface area contributed by atoms with Crippen molar-refractivity contribution in [2.45, 2.75) is 33.1 Å². The predicted molar refractivity (Wildman–Crippen MR) is 63.0 cm³/mol. The van der Waals surface area contributed by atoms with Crippen LogP contribution >= 0.6 is 0 Å². The third-order valence-corrected chi connectivity index (χ3v) is 2.73. The third kappa shape index (κ3) is 3.26. The Morgan fingerprint density at radius 2 is 1.94 bits per heavy atom. The molecule has 0 heterocycles. The Hall–Kier alpha value is -1.51. The molecule has 0 aliphatic carbocycles. The van der Waals surface area contributed by atoms with E-state index in [1.807, 2.05) is 13.0 Å². The summed E-state index contributed by atoms with van der Waals surface area (Å²) in [5, 5.41) is 8.59. The van der Waals surface area contributed by atoms with E-state index < -0.39 is 5.97 Å².